The van der Waals surface area contributed by atoms with Gasteiger partial charge >= 0.3 is 0 Å². The molecule has 1 aliphatic rings. The van der Waals surface area contributed by atoms with Gasteiger partial charge in [-0.1, -0.05) is 12.1 Å². The van der Waals surface area contributed by atoms with Crippen molar-refractivity contribution in [2.24, 2.45) is 0 Å². The number of aromatic amines is 4. The highest BCUT2D eigenvalue weighted by Gasteiger charge is 2.20. The first-order valence-corrected chi connectivity index (χ1v) is 17.3. The summed E-state index contributed by atoms with van der Waals surface area (Å²) in [7, 11) is 0. The minimum atomic E-state index is -0.135. The SMILES string of the molecule is Nc1ccc(C2=c3ccc([nH]3)=C(c3cc(O)cc(O)c3)c3ccc([nH]3)C(c3cc(O)cc(O)c3)=c3ccc([nH]3)=C(c3cc(O)cc(O)c3)c3ccc2[nH]3)cc1. The van der Waals surface area contributed by atoms with Crippen molar-refractivity contribution in [3.63, 3.8) is 0 Å². The Morgan fingerprint density at radius 2 is 0.564 bits per heavy atom. The van der Waals surface area contributed by atoms with Gasteiger partial charge in [-0.15, -0.1) is 0 Å². The highest BCUT2D eigenvalue weighted by molar-refractivity contribution is 5.85. The molecule has 55 heavy (non-hydrogen) atoms. The fraction of sp³-hybridized carbons (Fsp3) is 0. The molecule has 1 aliphatic heterocycles. The van der Waals surface area contributed by atoms with Crippen molar-refractivity contribution in [1.29, 1.82) is 0 Å². The van der Waals surface area contributed by atoms with Gasteiger partial charge in [0, 0.05) is 90.4 Å². The summed E-state index contributed by atoms with van der Waals surface area (Å²) in [6.45, 7) is 0. The van der Waals surface area contributed by atoms with Gasteiger partial charge in [-0.2, -0.15) is 0 Å². The molecule has 8 bridgehead atoms. The maximum Gasteiger partial charge on any atom is 0.119 e. The lowest BCUT2D eigenvalue weighted by molar-refractivity contribution is 0.449. The third-order valence-electron chi connectivity index (χ3n) is 9.67. The van der Waals surface area contributed by atoms with Crippen molar-refractivity contribution in [3.8, 4) is 34.5 Å². The lowest BCUT2D eigenvalue weighted by Crippen LogP contribution is -2.19. The van der Waals surface area contributed by atoms with Crippen LogP contribution < -0.4 is 27.1 Å². The number of nitrogen functional groups attached to an aromatic ring is 1. The molecule has 11 heteroatoms. The standard InChI is InChI=1S/C44H33N5O6/c45-26-3-1-22(2-4-26)41-33-5-7-35(46-33)42(23-13-27(50)19-28(51)14-23)37-9-11-39(48-37)44(25-17-31(54)21-32(55)18-25)40-12-10-38(49-40)43(36-8-6-34(41)47-36)24-15-29(52)20-30(53)16-24/h1-21,46-55H,45H2. The van der Waals surface area contributed by atoms with Gasteiger partial charge in [-0.05, 0) is 119 Å². The molecule has 0 radical (unpaired) electrons. The van der Waals surface area contributed by atoms with Crippen LogP contribution >= 0.6 is 0 Å². The Kier molecular flexibility index (Phi) is 7.57. The first kappa shape index (κ1) is 33.0. The Balaban J connectivity index is 1.45. The van der Waals surface area contributed by atoms with Crippen LogP contribution in [0.15, 0.2) is 127 Å². The summed E-state index contributed by atoms with van der Waals surface area (Å²) in [6, 6.07) is 36.0. The zero-order chi connectivity index (χ0) is 38.0. The normalized spacial score (nSPS) is 12.7. The number of aromatic nitrogens is 4. The molecule has 0 saturated heterocycles. The number of hydrogen-bond acceptors (Lipinski definition) is 7. The van der Waals surface area contributed by atoms with Crippen LogP contribution in [0.25, 0.3) is 22.3 Å². The minimum Gasteiger partial charge on any atom is -0.508 e. The highest BCUT2D eigenvalue weighted by Crippen LogP contribution is 2.33. The summed E-state index contributed by atoms with van der Waals surface area (Å²) in [5, 5.41) is 66.3. The van der Waals surface area contributed by atoms with E-state index in [1.165, 1.54) is 18.2 Å². The van der Waals surface area contributed by atoms with Crippen molar-refractivity contribution >= 4 is 28.0 Å². The number of nitrogens with two attached hydrogens (primary N) is 1. The van der Waals surface area contributed by atoms with Gasteiger partial charge in [0.25, 0.3) is 0 Å². The number of phenolic OH excluding ortho intramolecular Hbond substituents is 6. The van der Waals surface area contributed by atoms with E-state index in [0.29, 0.717) is 72.2 Å². The van der Waals surface area contributed by atoms with Crippen LogP contribution in [-0.2, 0) is 0 Å². The third-order valence-corrected chi connectivity index (χ3v) is 9.67. The molecular formula is C44H33N5O6. The number of benzene rings is 4. The molecule has 0 unspecified atom stereocenters. The zero-order valence-corrected chi connectivity index (χ0v) is 28.9. The molecule has 4 aromatic heterocycles. The highest BCUT2D eigenvalue weighted by atomic mass is 16.3. The summed E-state index contributed by atoms with van der Waals surface area (Å²) in [6.07, 6.45) is 0. The number of hydrogen-bond donors (Lipinski definition) is 11. The van der Waals surface area contributed by atoms with E-state index in [1.807, 2.05) is 72.8 Å². The maximum atomic E-state index is 10.6. The molecule has 0 atom stereocenters. The zero-order valence-electron chi connectivity index (χ0n) is 28.9. The average molecular weight is 728 g/mol. The first-order valence-electron chi connectivity index (χ1n) is 17.3. The molecule has 0 amide bonds. The molecule has 9 rings (SSSR count). The van der Waals surface area contributed by atoms with Crippen molar-refractivity contribution in [3.05, 3.63) is 194 Å². The topological polar surface area (TPSA) is 211 Å². The fourth-order valence-corrected chi connectivity index (χ4v) is 7.44. The molecule has 0 saturated carbocycles. The summed E-state index contributed by atoms with van der Waals surface area (Å²) in [5.41, 5.74) is 14.5. The van der Waals surface area contributed by atoms with Gasteiger partial charge in [0.2, 0.25) is 0 Å². The lowest BCUT2D eigenvalue weighted by Gasteiger charge is -2.11. The monoisotopic (exact) mass is 727 g/mol. The number of phenols is 6. The largest absolute Gasteiger partial charge is 0.508 e. The summed E-state index contributed by atoms with van der Waals surface area (Å²) in [4.78, 5) is 14.3. The number of anilines is 1. The van der Waals surface area contributed by atoms with E-state index in [-0.39, 0.29) is 34.5 Å². The van der Waals surface area contributed by atoms with Crippen LogP contribution in [0, 0.1) is 0 Å². The molecule has 0 spiro atoms. The molecule has 8 aromatic rings. The Hall–Kier alpha value is -7.92. The Labute approximate surface area is 311 Å². The minimum absolute atomic E-state index is 0.116. The average Bonchev–Trinajstić information content (AvgIpc) is 3.95. The van der Waals surface area contributed by atoms with E-state index < -0.39 is 0 Å². The summed E-state index contributed by atoms with van der Waals surface area (Å²) < 4.78 is 0. The number of aromatic hydroxyl groups is 6. The molecule has 0 fully saturated rings. The van der Waals surface area contributed by atoms with Gasteiger partial charge in [-0.25, -0.2) is 0 Å². The number of fused-ring (bicyclic) bond motifs is 8. The second-order valence-corrected chi connectivity index (χ2v) is 13.5. The van der Waals surface area contributed by atoms with Gasteiger partial charge in [0.1, 0.15) is 34.5 Å². The fourth-order valence-electron chi connectivity index (χ4n) is 7.44. The predicted octanol–water partition coefficient (Wildman–Crippen LogP) is 4.12. The van der Waals surface area contributed by atoms with Crippen molar-refractivity contribution < 1.29 is 30.6 Å². The third kappa shape index (κ3) is 6.01. The van der Waals surface area contributed by atoms with Crippen LogP contribution in [0.3, 0.4) is 0 Å². The van der Waals surface area contributed by atoms with Crippen LogP contribution in [0.1, 0.15) is 45.0 Å². The molecule has 270 valence electrons. The molecule has 12 N–H and O–H groups in total. The van der Waals surface area contributed by atoms with E-state index in [0.717, 1.165) is 22.2 Å². The van der Waals surface area contributed by atoms with Crippen molar-refractivity contribution in [2.75, 3.05) is 5.73 Å². The first-order chi connectivity index (χ1) is 26.6. The molecule has 5 heterocycles. The molecule has 11 nitrogen and oxygen atoms in total. The van der Waals surface area contributed by atoms with Crippen LogP contribution in [0.4, 0.5) is 5.69 Å². The smallest absolute Gasteiger partial charge is 0.119 e. The van der Waals surface area contributed by atoms with Gasteiger partial charge in [0.15, 0.2) is 0 Å². The van der Waals surface area contributed by atoms with Crippen LogP contribution in [0.5, 0.6) is 34.5 Å². The second-order valence-electron chi connectivity index (χ2n) is 13.5. The number of H-pyrrole nitrogens is 4. The number of nitrogens with one attached hydrogen (secondary N) is 4. The van der Waals surface area contributed by atoms with Crippen molar-refractivity contribution in [2.45, 2.75) is 0 Å². The Morgan fingerprint density at radius 1 is 0.291 bits per heavy atom. The maximum absolute atomic E-state index is 10.6. The molecule has 4 aromatic carbocycles. The van der Waals surface area contributed by atoms with Gasteiger partial charge in [0.05, 0.1) is 0 Å². The van der Waals surface area contributed by atoms with Crippen LogP contribution in [0.2, 0.25) is 0 Å². The van der Waals surface area contributed by atoms with Gasteiger partial charge < -0.3 is 56.3 Å². The van der Waals surface area contributed by atoms with Gasteiger partial charge in [-0.3, -0.25) is 0 Å². The van der Waals surface area contributed by atoms with E-state index >= 15 is 0 Å². The van der Waals surface area contributed by atoms with E-state index in [9.17, 15) is 30.6 Å². The van der Waals surface area contributed by atoms with E-state index in [2.05, 4.69) is 19.9 Å². The lowest BCUT2D eigenvalue weighted by atomic mass is 10.0. The molecular weight excluding hydrogens is 695 g/mol. The number of rotatable bonds is 4. The molecule has 0 aliphatic carbocycles. The summed E-state index contributed by atoms with van der Waals surface area (Å²) in [5.74, 6) is -0.734. The summed E-state index contributed by atoms with van der Waals surface area (Å²) >= 11 is 0. The Bertz CT molecular complexity index is 3010. The Morgan fingerprint density at radius 3 is 0.855 bits per heavy atom. The van der Waals surface area contributed by atoms with E-state index in [1.54, 1.807) is 36.4 Å². The van der Waals surface area contributed by atoms with Crippen molar-refractivity contribution in [1.82, 2.24) is 19.9 Å². The van der Waals surface area contributed by atoms with E-state index in [4.69, 9.17) is 5.73 Å². The second kappa shape index (κ2) is 12.6. The quantitative estimate of drug-likeness (QED) is 0.119. The predicted molar refractivity (Wildman–Crippen MR) is 208 cm³/mol. The van der Waals surface area contributed by atoms with Crippen LogP contribution in [-0.4, -0.2) is 50.6 Å².